The molecule has 0 aromatic rings. The van der Waals surface area contributed by atoms with Crippen LogP contribution >= 0.6 is 0 Å². The van der Waals surface area contributed by atoms with Crippen LogP contribution in [0.4, 0.5) is 0 Å². The Labute approximate surface area is 111 Å². The van der Waals surface area contributed by atoms with E-state index in [0.29, 0.717) is 6.10 Å². The van der Waals surface area contributed by atoms with E-state index in [-0.39, 0.29) is 0 Å². The summed E-state index contributed by atoms with van der Waals surface area (Å²) in [5.74, 6) is 0.868. The number of hydrogen-bond donors (Lipinski definition) is 1. The summed E-state index contributed by atoms with van der Waals surface area (Å²) in [5, 5.41) is 3.66. The normalized spacial score (nSPS) is 35.2. The van der Waals surface area contributed by atoms with Gasteiger partial charge in [0.05, 0.1) is 12.7 Å². The zero-order valence-corrected chi connectivity index (χ0v) is 11.6. The highest BCUT2D eigenvalue weighted by atomic mass is 16.5. The number of likely N-dealkylation sites (tertiary alicyclic amines) is 1. The van der Waals surface area contributed by atoms with E-state index in [1.807, 2.05) is 0 Å². The van der Waals surface area contributed by atoms with Crippen LogP contribution in [0.15, 0.2) is 0 Å². The molecule has 4 nitrogen and oxygen atoms in total. The van der Waals surface area contributed by atoms with Gasteiger partial charge in [0.2, 0.25) is 0 Å². The molecule has 3 fully saturated rings. The van der Waals surface area contributed by atoms with Crippen LogP contribution in [0.1, 0.15) is 19.3 Å². The third-order valence-electron chi connectivity index (χ3n) is 4.45. The predicted octanol–water partition coefficient (Wildman–Crippen LogP) is 0.391. The Kier molecular flexibility index (Phi) is 4.19. The number of nitrogens with one attached hydrogen (secondary N) is 1. The van der Waals surface area contributed by atoms with Crippen molar-refractivity contribution in [2.75, 3.05) is 52.9 Å². The molecule has 2 aliphatic heterocycles. The summed E-state index contributed by atoms with van der Waals surface area (Å²) in [7, 11) is 2.20. The maximum Gasteiger partial charge on any atom is 0.0829 e. The van der Waals surface area contributed by atoms with Gasteiger partial charge >= 0.3 is 0 Å². The first kappa shape index (κ1) is 12.9. The predicted molar refractivity (Wildman–Crippen MR) is 72.8 cm³/mol. The van der Waals surface area contributed by atoms with Crippen molar-refractivity contribution in [1.29, 1.82) is 0 Å². The summed E-state index contributed by atoms with van der Waals surface area (Å²) in [6.45, 7) is 7.98. The molecule has 104 valence electrons. The van der Waals surface area contributed by atoms with Gasteiger partial charge in [-0.25, -0.2) is 0 Å². The van der Waals surface area contributed by atoms with Crippen molar-refractivity contribution in [3.63, 3.8) is 0 Å². The summed E-state index contributed by atoms with van der Waals surface area (Å²) < 4.78 is 5.85. The molecule has 18 heavy (non-hydrogen) atoms. The van der Waals surface area contributed by atoms with Crippen LogP contribution in [0.5, 0.6) is 0 Å². The number of nitrogens with zero attached hydrogens (tertiary/aromatic N) is 2. The zero-order chi connectivity index (χ0) is 12.4. The minimum absolute atomic E-state index is 0.430. The molecule has 2 heterocycles. The minimum Gasteiger partial charge on any atom is -0.374 e. The number of ether oxygens (including phenoxy) is 1. The smallest absolute Gasteiger partial charge is 0.0829 e. The zero-order valence-electron chi connectivity index (χ0n) is 11.6. The molecule has 2 saturated heterocycles. The third kappa shape index (κ3) is 3.67. The standard InChI is InChI=1S/C14H27N3O/c1-16-6-7-18-14(10-16)11-17-5-4-12(9-17)8-15-13-2-3-13/h12-15H,2-11H2,1H3. The lowest BCUT2D eigenvalue weighted by atomic mass is 10.1. The SMILES string of the molecule is CN1CCOC(CN2CCC(CNC3CC3)C2)C1. The lowest BCUT2D eigenvalue weighted by Crippen LogP contribution is -2.45. The molecule has 0 amide bonds. The van der Waals surface area contributed by atoms with Gasteiger partial charge in [0.15, 0.2) is 0 Å². The Morgan fingerprint density at radius 2 is 2.06 bits per heavy atom. The molecule has 0 radical (unpaired) electrons. The van der Waals surface area contributed by atoms with Crippen LogP contribution < -0.4 is 5.32 Å². The highest BCUT2D eigenvalue weighted by Crippen LogP contribution is 2.21. The van der Waals surface area contributed by atoms with Crippen LogP contribution in [0.3, 0.4) is 0 Å². The van der Waals surface area contributed by atoms with Crippen LogP contribution in [0.25, 0.3) is 0 Å². The topological polar surface area (TPSA) is 27.7 Å². The van der Waals surface area contributed by atoms with Crippen molar-refractivity contribution in [1.82, 2.24) is 15.1 Å². The van der Waals surface area contributed by atoms with Crippen molar-refractivity contribution < 1.29 is 4.74 Å². The third-order valence-corrected chi connectivity index (χ3v) is 4.45. The second-order valence-electron chi connectivity index (χ2n) is 6.35. The van der Waals surface area contributed by atoms with Crippen molar-refractivity contribution in [3.8, 4) is 0 Å². The molecule has 4 heteroatoms. The molecule has 0 spiro atoms. The summed E-state index contributed by atoms with van der Waals surface area (Å²) in [5.41, 5.74) is 0. The average molecular weight is 253 g/mol. The van der Waals surface area contributed by atoms with Crippen molar-refractivity contribution in [2.45, 2.75) is 31.4 Å². The van der Waals surface area contributed by atoms with Gasteiger partial charge in [-0.3, -0.25) is 0 Å². The fraction of sp³-hybridized carbons (Fsp3) is 1.00. The Balaban J connectivity index is 1.35. The van der Waals surface area contributed by atoms with E-state index in [1.54, 1.807) is 0 Å². The highest BCUT2D eigenvalue weighted by molar-refractivity contribution is 4.85. The van der Waals surface area contributed by atoms with E-state index in [9.17, 15) is 0 Å². The molecule has 1 N–H and O–H groups in total. The molecule has 0 aromatic heterocycles. The molecule has 0 bridgehead atoms. The van der Waals surface area contributed by atoms with Crippen LogP contribution in [-0.4, -0.2) is 74.9 Å². The maximum atomic E-state index is 5.85. The Morgan fingerprint density at radius 3 is 2.83 bits per heavy atom. The van der Waals surface area contributed by atoms with Crippen molar-refractivity contribution in [3.05, 3.63) is 0 Å². The minimum atomic E-state index is 0.430. The fourth-order valence-corrected chi connectivity index (χ4v) is 3.13. The lowest BCUT2D eigenvalue weighted by molar-refractivity contribution is -0.0331. The molecule has 1 saturated carbocycles. The molecule has 2 unspecified atom stereocenters. The quantitative estimate of drug-likeness (QED) is 0.767. The van der Waals surface area contributed by atoms with Crippen LogP contribution in [0, 0.1) is 5.92 Å². The molecule has 2 atom stereocenters. The molecule has 3 aliphatic rings. The summed E-state index contributed by atoms with van der Waals surface area (Å²) in [4.78, 5) is 4.99. The van der Waals surface area contributed by atoms with Gasteiger partial charge in [-0.05, 0) is 45.3 Å². The monoisotopic (exact) mass is 253 g/mol. The van der Waals surface area contributed by atoms with Crippen LogP contribution in [-0.2, 0) is 4.74 Å². The van der Waals surface area contributed by atoms with E-state index < -0.39 is 0 Å². The molecule has 1 aliphatic carbocycles. The van der Waals surface area contributed by atoms with Gasteiger partial charge < -0.3 is 19.9 Å². The lowest BCUT2D eigenvalue weighted by Gasteiger charge is -2.32. The highest BCUT2D eigenvalue weighted by Gasteiger charge is 2.28. The van der Waals surface area contributed by atoms with Gasteiger partial charge in [-0.15, -0.1) is 0 Å². The molecule has 0 aromatic carbocycles. The number of hydrogen-bond acceptors (Lipinski definition) is 4. The van der Waals surface area contributed by atoms with Crippen molar-refractivity contribution in [2.24, 2.45) is 5.92 Å². The number of morpholine rings is 1. The van der Waals surface area contributed by atoms with Gasteiger partial charge in [-0.1, -0.05) is 0 Å². The van der Waals surface area contributed by atoms with Gasteiger partial charge in [0.25, 0.3) is 0 Å². The summed E-state index contributed by atoms with van der Waals surface area (Å²) in [6, 6.07) is 0.856. The molecular weight excluding hydrogens is 226 g/mol. The average Bonchev–Trinajstić information content (AvgIpc) is 3.08. The first-order chi connectivity index (χ1) is 8.79. The van der Waals surface area contributed by atoms with Gasteiger partial charge in [-0.2, -0.15) is 0 Å². The first-order valence-electron chi connectivity index (χ1n) is 7.55. The Hall–Kier alpha value is -0.160. The largest absolute Gasteiger partial charge is 0.374 e. The van der Waals surface area contributed by atoms with E-state index in [4.69, 9.17) is 4.74 Å². The maximum absolute atomic E-state index is 5.85. The number of likely N-dealkylation sites (N-methyl/N-ethyl adjacent to an activating group) is 1. The van der Waals surface area contributed by atoms with Gasteiger partial charge in [0.1, 0.15) is 0 Å². The van der Waals surface area contributed by atoms with E-state index >= 15 is 0 Å². The molecule has 3 rings (SSSR count). The molecular formula is C14H27N3O. The second-order valence-corrected chi connectivity index (χ2v) is 6.35. The van der Waals surface area contributed by atoms with E-state index in [2.05, 4.69) is 22.2 Å². The second kappa shape index (κ2) is 5.87. The number of rotatable bonds is 5. The Bertz CT molecular complexity index is 270. The first-order valence-corrected chi connectivity index (χ1v) is 7.55. The summed E-state index contributed by atoms with van der Waals surface area (Å²) >= 11 is 0. The van der Waals surface area contributed by atoms with Crippen LogP contribution in [0.2, 0.25) is 0 Å². The summed E-state index contributed by atoms with van der Waals surface area (Å²) in [6.07, 6.45) is 4.60. The Morgan fingerprint density at radius 1 is 1.17 bits per heavy atom. The van der Waals surface area contributed by atoms with Gasteiger partial charge in [0, 0.05) is 32.2 Å². The fourth-order valence-electron chi connectivity index (χ4n) is 3.13. The van der Waals surface area contributed by atoms with E-state index in [0.717, 1.165) is 38.2 Å². The van der Waals surface area contributed by atoms with Crippen molar-refractivity contribution >= 4 is 0 Å². The van der Waals surface area contributed by atoms with E-state index in [1.165, 1.54) is 38.9 Å².